The van der Waals surface area contributed by atoms with Crippen molar-refractivity contribution in [3.8, 4) is 0 Å². The first kappa shape index (κ1) is 27.3. The van der Waals surface area contributed by atoms with Gasteiger partial charge in [0.15, 0.2) is 5.78 Å². The standard InChI is InChI=1S/C31H47FN4O4/c1-19(2)33-7-9-34(10-8-33)28-24(32)17-22-27-30(28)40-26-16-21-6-4-3-5-20(21)15-25(26)36(27)18-23(29(22)37)31(38)35-11-13-39-14-12-35/h18-22,24-28,30H,3-17H2,1-2H3. The third kappa shape index (κ3) is 4.63. The summed E-state index contributed by atoms with van der Waals surface area (Å²) in [5.41, 5.74) is 0.254. The highest BCUT2D eigenvalue weighted by molar-refractivity contribution is 6.20. The topological polar surface area (TPSA) is 65.6 Å². The van der Waals surface area contributed by atoms with E-state index in [2.05, 4.69) is 28.5 Å². The van der Waals surface area contributed by atoms with E-state index in [-0.39, 0.29) is 54.0 Å². The maximum Gasteiger partial charge on any atom is 0.259 e. The first-order valence-corrected chi connectivity index (χ1v) is 16.1. The SMILES string of the molecule is CC(C)N1CCN(C2C(F)CC3C(=O)C(C(=O)N4CCOCC4)=CN4C5CC6CCCCC6CC5OC2C34)CC1. The maximum atomic E-state index is 16.4. The largest absolute Gasteiger partial charge is 0.378 e. The van der Waals surface area contributed by atoms with Crippen molar-refractivity contribution in [1.29, 1.82) is 0 Å². The van der Waals surface area contributed by atoms with Gasteiger partial charge in [0.2, 0.25) is 0 Å². The van der Waals surface area contributed by atoms with E-state index in [0.717, 1.165) is 39.0 Å². The molecule has 3 saturated heterocycles. The van der Waals surface area contributed by atoms with Gasteiger partial charge in [0, 0.05) is 57.4 Å². The molecule has 9 unspecified atom stereocenters. The Bertz CT molecular complexity index is 1010. The summed E-state index contributed by atoms with van der Waals surface area (Å²) < 4.78 is 28.8. The molecule has 0 aromatic heterocycles. The van der Waals surface area contributed by atoms with Crippen LogP contribution in [0.25, 0.3) is 0 Å². The number of nitrogens with zero attached hydrogens (tertiary/aromatic N) is 4. The number of hydrogen-bond acceptors (Lipinski definition) is 7. The third-order valence-electron chi connectivity index (χ3n) is 11.5. The fourth-order valence-electron chi connectivity index (χ4n) is 9.34. The number of morpholine rings is 2. The fourth-order valence-corrected chi connectivity index (χ4v) is 9.34. The molecule has 3 saturated carbocycles. The Labute approximate surface area is 238 Å². The van der Waals surface area contributed by atoms with Crippen molar-refractivity contribution in [2.75, 3.05) is 52.5 Å². The van der Waals surface area contributed by atoms with Gasteiger partial charge in [-0.2, -0.15) is 0 Å². The third-order valence-corrected chi connectivity index (χ3v) is 11.5. The van der Waals surface area contributed by atoms with Crippen molar-refractivity contribution in [3.63, 3.8) is 0 Å². The van der Waals surface area contributed by atoms with E-state index in [1.165, 1.54) is 25.7 Å². The molecular formula is C31H47FN4O4. The average Bonchev–Trinajstić information content (AvgIpc) is 2.97. The van der Waals surface area contributed by atoms with Crippen LogP contribution in [0.15, 0.2) is 11.8 Å². The highest BCUT2D eigenvalue weighted by Crippen LogP contribution is 2.51. The lowest BCUT2D eigenvalue weighted by molar-refractivity contribution is -0.222. The summed E-state index contributed by atoms with van der Waals surface area (Å²) in [6.45, 7) is 9.92. The van der Waals surface area contributed by atoms with Gasteiger partial charge in [0.25, 0.3) is 5.91 Å². The van der Waals surface area contributed by atoms with Crippen LogP contribution in [0.4, 0.5) is 4.39 Å². The van der Waals surface area contributed by atoms with E-state index < -0.39 is 12.1 Å². The lowest BCUT2D eigenvalue weighted by Gasteiger charge is -2.62. The quantitative estimate of drug-likeness (QED) is 0.493. The predicted octanol–water partition coefficient (Wildman–Crippen LogP) is 2.47. The van der Waals surface area contributed by atoms with E-state index in [4.69, 9.17) is 9.47 Å². The van der Waals surface area contributed by atoms with Crippen LogP contribution in [-0.4, -0.2) is 126 Å². The number of amides is 1. The summed E-state index contributed by atoms with van der Waals surface area (Å²) in [6.07, 6.45) is 7.75. The molecule has 9 heteroatoms. The number of carbonyl (C=O) groups excluding carboxylic acids is 2. The Morgan fingerprint density at radius 2 is 1.65 bits per heavy atom. The monoisotopic (exact) mass is 558 g/mol. The van der Waals surface area contributed by atoms with Crippen molar-refractivity contribution < 1.29 is 23.5 Å². The van der Waals surface area contributed by atoms with Crippen LogP contribution in [0.3, 0.4) is 0 Å². The van der Waals surface area contributed by atoms with Gasteiger partial charge in [0.1, 0.15) is 6.17 Å². The van der Waals surface area contributed by atoms with Crippen molar-refractivity contribution in [3.05, 3.63) is 11.8 Å². The minimum atomic E-state index is -1.15. The minimum absolute atomic E-state index is 0.0233. The van der Waals surface area contributed by atoms with E-state index in [1.807, 2.05) is 6.20 Å². The van der Waals surface area contributed by atoms with Crippen molar-refractivity contribution in [2.24, 2.45) is 17.8 Å². The van der Waals surface area contributed by atoms with Gasteiger partial charge in [-0.25, -0.2) is 4.39 Å². The lowest BCUT2D eigenvalue weighted by atomic mass is 9.64. The normalized spacial score (nSPS) is 42.6. The smallest absolute Gasteiger partial charge is 0.259 e. The van der Waals surface area contributed by atoms with Crippen LogP contribution >= 0.6 is 0 Å². The Morgan fingerprint density at radius 3 is 2.35 bits per heavy atom. The molecule has 0 aromatic rings. The predicted molar refractivity (Wildman–Crippen MR) is 148 cm³/mol. The zero-order valence-corrected chi connectivity index (χ0v) is 24.3. The number of halogens is 1. The number of hydrogen-bond donors (Lipinski definition) is 0. The molecule has 7 aliphatic rings. The number of carbonyl (C=O) groups is 2. The number of ether oxygens (including phenoxy) is 2. The van der Waals surface area contributed by atoms with E-state index in [0.29, 0.717) is 44.2 Å². The number of ketones is 1. The number of alkyl halides is 1. The van der Waals surface area contributed by atoms with Crippen molar-refractivity contribution in [1.82, 2.24) is 19.6 Å². The molecule has 3 aliphatic carbocycles. The number of rotatable bonds is 3. The second kappa shape index (κ2) is 10.9. The summed E-state index contributed by atoms with van der Waals surface area (Å²) in [7, 11) is 0. The molecule has 0 radical (unpaired) electrons. The van der Waals surface area contributed by atoms with Crippen LogP contribution in [0.1, 0.15) is 58.8 Å². The van der Waals surface area contributed by atoms with Crippen LogP contribution < -0.4 is 0 Å². The Hall–Kier alpha value is -1.55. The molecule has 4 aliphatic heterocycles. The van der Waals surface area contributed by atoms with Gasteiger partial charge < -0.3 is 19.3 Å². The number of piperazine rings is 1. The van der Waals surface area contributed by atoms with Crippen LogP contribution in [-0.2, 0) is 19.1 Å². The van der Waals surface area contributed by atoms with E-state index >= 15 is 4.39 Å². The molecule has 4 heterocycles. The van der Waals surface area contributed by atoms with Gasteiger partial charge in [-0.3, -0.25) is 19.4 Å². The van der Waals surface area contributed by atoms with Crippen LogP contribution in [0, 0.1) is 17.8 Å². The summed E-state index contributed by atoms with van der Waals surface area (Å²) in [6, 6.07) is 0.0878. The molecule has 7 rings (SSSR count). The molecule has 0 bridgehead atoms. The maximum absolute atomic E-state index is 16.4. The van der Waals surface area contributed by atoms with E-state index in [9.17, 15) is 9.59 Å². The minimum Gasteiger partial charge on any atom is -0.378 e. The summed E-state index contributed by atoms with van der Waals surface area (Å²) in [4.78, 5) is 36.6. The molecule has 0 aromatic carbocycles. The first-order chi connectivity index (χ1) is 19.4. The van der Waals surface area contributed by atoms with Gasteiger partial charge >= 0.3 is 0 Å². The zero-order chi connectivity index (χ0) is 27.5. The summed E-state index contributed by atoms with van der Waals surface area (Å²) >= 11 is 0. The Balaban J connectivity index is 1.22. The van der Waals surface area contributed by atoms with Gasteiger partial charge in [0.05, 0.1) is 49.1 Å². The highest BCUT2D eigenvalue weighted by atomic mass is 19.1. The second-order valence-corrected chi connectivity index (χ2v) is 13.7. The molecule has 1 amide bonds. The molecule has 222 valence electrons. The van der Waals surface area contributed by atoms with Crippen LogP contribution in [0.5, 0.6) is 0 Å². The zero-order valence-electron chi connectivity index (χ0n) is 24.3. The molecule has 8 nitrogen and oxygen atoms in total. The average molecular weight is 559 g/mol. The molecule has 40 heavy (non-hydrogen) atoms. The van der Waals surface area contributed by atoms with Crippen LogP contribution in [0.2, 0.25) is 0 Å². The fraction of sp³-hybridized carbons (Fsp3) is 0.871. The Kier molecular flexibility index (Phi) is 7.46. The first-order valence-electron chi connectivity index (χ1n) is 16.1. The van der Waals surface area contributed by atoms with Crippen molar-refractivity contribution >= 4 is 11.7 Å². The summed E-state index contributed by atoms with van der Waals surface area (Å²) in [5, 5.41) is 0. The molecule has 0 N–H and O–H groups in total. The Morgan fingerprint density at radius 1 is 0.950 bits per heavy atom. The van der Waals surface area contributed by atoms with Crippen molar-refractivity contribution in [2.45, 2.75) is 101 Å². The molecule has 6 fully saturated rings. The number of fused-ring (bicyclic) bond motifs is 3. The molecule has 9 atom stereocenters. The molecule has 0 spiro atoms. The van der Waals surface area contributed by atoms with Gasteiger partial charge in [-0.05, 0) is 44.9 Å². The lowest BCUT2D eigenvalue weighted by Crippen LogP contribution is -2.74. The molecular weight excluding hydrogens is 511 g/mol. The summed E-state index contributed by atoms with van der Waals surface area (Å²) in [5.74, 6) is 0.422. The second-order valence-electron chi connectivity index (χ2n) is 13.7. The highest BCUT2D eigenvalue weighted by Gasteiger charge is 2.60. The number of Topliss-reactive ketones (excluding diaryl/α,β-unsaturated/α-hetero) is 1. The van der Waals surface area contributed by atoms with E-state index in [1.54, 1.807) is 4.90 Å². The van der Waals surface area contributed by atoms with Gasteiger partial charge in [-0.15, -0.1) is 0 Å². The van der Waals surface area contributed by atoms with Gasteiger partial charge in [-0.1, -0.05) is 25.7 Å².